The van der Waals surface area contributed by atoms with Gasteiger partial charge in [-0.15, -0.1) is 0 Å². The van der Waals surface area contributed by atoms with Gasteiger partial charge in [-0.3, -0.25) is 9.59 Å². The molecule has 1 fully saturated rings. The van der Waals surface area contributed by atoms with E-state index in [1.54, 1.807) is 42.3 Å². The second-order valence-electron chi connectivity index (χ2n) is 9.90. The van der Waals surface area contributed by atoms with Crippen LogP contribution in [0.3, 0.4) is 0 Å². The van der Waals surface area contributed by atoms with Crippen LogP contribution in [0.1, 0.15) is 32.7 Å². The summed E-state index contributed by atoms with van der Waals surface area (Å²) in [4.78, 5) is 43.8. The Morgan fingerprint density at radius 3 is 2.30 bits per heavy atom. The number of piperazine rings is 1. The molecule has 0 saturated carbocycles. The molecule has 1 aliphatic rings. The summed E-state index contributed by atoms with van der Waals surface area (Å²) in [5, 5.41) is 5.84. The molecule has 3 aromatic carbocycles. The Labute approximate surface area is 235 Å². The summed E-state index contributed by atoms with van der Waals surface area (Å²) in [6.45, 7) is 6.03. The van der Waals surface area contributed by atoms with Crippen LogP contribution in [0.15, 0.2) is 72.8 Å². The highest BCUT2D eigenvalue weighted by atomic mass is 16.5. The van der Waals surface area contributed by atoms with E-state index in [9.17, 15) is 14.4 Å². The van der Waals surface area contributed by atoms with E-state index in [1.165, 1.54) is 0 Å². The molecule has 210 valence electrons. The number of aryl methyl sites for hydroxylation is 1. The number of likely N-dealkylation sites (N-methyl/N-ethyl adjacent to an activating group) is 1. The number of carbonyl (C=O) groups is 3. The van der Waals surface area contributed by atoms with Crippen molar-refractivity contribution in [3.05, 3.63) is 89.5 Å². The molecular formula is C31H37N5O4. The van der Waals surface area contributed by atoms with Gasteiger partial charge in [0, 0.05) is 56.6 Å². The molecule has 0 aliphatic carbocycles. The van der Waals surface area contributed by atoms with Crippen molar-refractivity contribution in [1.29, 1.82) is 0 Å². The Morgan fingerprint density at radius 1 is 0.900 bits per heavy atom. The van der Waals surface area contributed by atoms with Crippen LogP contribution in [-0.2, 0) is 0 Å². The first-order valence-electron chi connectivity index (χ1n) is 13.5. The Balaban J connectivity index is 1.28. The zero-order chi connectivity index (χ0) is 28.5. The van der Waals surface area contributed by atoms with E-state index < -0.39 is 0 Å². The van der Waals surface area contributed by atoms with Gasteiger partial charge in [0.25, 0.3) is 11.8 Å². The molecule has 0 spiro atoms. The number of benzene rings is 3. The largest absolute Gasteiger partial charge is 0.491 e. The van der Waals surface area contributed by atoms with E-state index in [0.717, 1.165) is 31.7 Å². The molecule has 9 nitrogen and oxygen atoms in total. The molecule has 0 radical (unpaired) electrons. The number of nitrogens with zero attached hydrogens (tertiary/aromatic N) is 3. The minimum absolute atomic E-state index is 0.0420. The summed E-state index contributed by atoms with van der Waals surface area (Å²) in [6.07, 6.45) is 0.640. The molecular weight excluding hydrogens is 506 g/mol. The number of nitrogens with one attached hydrogen (secondary N) is 2. The Bertz CT molecular complexity index is 1320. The van der Waals surface area contributed by atoms with Crippen molar-refractivity contribution in [1.82, 2.24) is 15.1 Å². The second kappa shape index (κ2) is 13.6. The lowest BCUT2D eigenvalue weighted by Crippen LogP contribution is -2.50. The molecule has 9 heteroatoms. The van der Waals surface area contributed by atoms with Crippen molar-refractivity contribution in [2.24, 2.45) is 0 Å². The molecule has 40 heavy (non-hydrogen) atoms. The normalized spacial score (nSPS) is 13.4. The maximum atomic E-state index is 13.2. The van der Waals surface area contributed by atoms with Gasteiger partial charge in [-0.1, -0.05) is 30.3 Å². The molecule has 0 unspecified atom stereocenters. The third kappa shape index (κ3) is 7.39. The van der Waals surface area contributed by atoms with Gasteiger partial charge in [-0.25, -0.2) is 4.79 Å². The fraction of sp³-hybridized carbons (Fsp3) is 0.323. The van der Waals surface area contributed by atoms with Crippen molar-refractivity contribution in [3.8, 4) is 5.75 Å². The van der Waals surface area contributed by atoms with E-state index >= 15 is 0 Å². The van der Waals surface area contributed by atoms with Crippen molar-refractivity contribution in [2.45, 2.75) is 13.3 Å². The summed E-state index contributed by atoms with van der Waals surface area (Å²) >= 11 is 0. The fourth-order valence-electron chi connectivity index (χ4n) is 4.45. The van der Waals surface area contributed by atoms with E-state index in [2.05, 4.69) is 22.6 Å². The maximum Gasteiger partial charge on any atom is 0.317 e. The topological polar surface area (TPSA) is 94.2 Å². The van der Waals surface area contributed by atoms with Crippen molar-refractivity contribution in [3.63, 3.8) is 0 Å². The first kappa shape index (κ1) is 28.6. The molecule has 1 saturated heterocycles. The molecule has 0 aromatic heterocycles. The van der Waals surface area contributed by atoms with E-state index in [-0.39, 0.29) is 17.8 Å². The van der Waals surface area contributed by atoms with Crippen LogP contribution in [0.5, 0.6) is 5.75 Å². The Kier molecular flexibility index (Phi) is 9.75. The molecule has 3 aromatic rings. The number of hydrogen-bond donors (Lipinski definition) is 2. The van der Waals surface area contributed by atoms with E-state index in [1.807, 2.05) is 54.3 Å². The average molecular weight is 544 g/mol. The molecule has 0 atom stereocenters. The first-order chi connectivity index (χ1) is 19.3. The molecule has 0 bridgehead atoms. The van der Waals surface area contributed by atoms with Crippen LogP contribution >= 0.6 is 0 Å². The number of anilines is 2. The molecule has 1 aliphatic heterocycles. The smallest absolute Gasteiger partial charge is 0.317 e. The number of urea groups is 1. The zero-order valence-corrected chi connectivity index (χ0v) is 23.4. The minimum atomic E-state index is -0.202. The highest BCUT2D eigenvalue weighted by Gasteiger charge is 2.19. The molecule has 1 heterocycles. The van der Waals surface area contributed by atoms with Gasteiger partial charge in [0.15, 0.2) is 0 Å². The van der Waals surface area contributed by atoms with Crippen molar-refractivity contribution in [2.75, 3.05) is 63.6 Å². The van der Waals surface area contributed by atoms with Crippen LogP contribution in [-0.4, -0.2) is 81.1 Å². The SMILES string of the molecule is Cc1ccccc1C(=O)Nc1ccc(C(=O)N(C)c2ccccc2OCCCNC(=O)N2CCN(C)CC2)cc1. The standard InChI is InChI=1S/C31H37N5O4/c1-23-9-4-5-10-26(23)29(37)33-25-15-13-24(14-16-25)30(38)35(3)27-11-6-7-12-28(27)40-22-8-17-32-31(39)36-20-18-34(2)19-21-36/h4-7,9-16H,8,17-22H2,1-3H3,(H,32,39)(H,33,37). The van der Waals surface area contributed by atoms with Crippen LogP contribution in [0.25, 0.3) is 0 Å². The van der Waals surface area contributed by atoms with Gasteiger partial charge in [-0.05, 0) is 68.4 Å². The highest BCUT2D eigenvalue weighted by Crippen LogP contribution is 2.28. The predicted molar refractivity (Wildman–Crippen MR) is 157 cm³/mol. The fourth-order valence-corrected chi connectivity index (χ4v) is 4.45. The third-order valence-electron chi connectivity index (χ3n) is 6.96. The zero-order valence-electron chi connectivity index (χ0n) is 23.4. The monoisotopic (exact) mass is 543 g/mol. The molecule has 4 amide bonds. The molecule has 4 rings (SSSR count). The highest BCUT2D eigenvalue weighted by molar-refractivity contribution is 6.08. The number of hydrogen-bond acceptors (Lipinski definition) is 5. The number of rotatable bonds is 9. The van der Waals surface area contributed by atoms with Gasteiger partial charge in [0.2, 0.25) is 0 Å². The number of para-hydroxylation sites is 2. The van der Waals surface area contributed by atoms with Gasteiger partial charge in [0.05, 0.1) is 12.3 Å². The van der Waals surface area contributed by atoms with Crippen LogP contribution in [0.4, 0.5) is 16.2 Å². The lowest BCUT2D eigenvalue weighted by molar-refractivity contribution is 0.0990. The van der Waals surface area contributed by atoms with E-state index in [4.69, 9.17) is 4.74 Å². The lowest BCUT2D eigenvalue weighted by atomic mass is 10.1. The third-order valence-corrected chi connectivity index (χ3v) is 6.96. The van der Waals surface area contributed by atoms with Gasteiger partial charge >= 0.3 is 6.03 Å². The number of carbonyl (C=O) groups excluding carboxylic acids is 3. The minimum Gasteiger partial charge on any atom is -0.491 e. The summed E-state index contributed by atoms with van der Waals surface area (Å²) in [6, 6.07) is 21.5. The quantitative estimate of drug-likeness (QED) is 0.394. The molecule has 2 N–H and O–H groups in total. The number of ether oxygens (including phenoxy) is 1. The maximum absolute atomic E-state index is 13.2. The summed E-state index contributed by atoms with van der Waals surface area (Å²) in [5.41, 5.74) is 3.24. The second-order valence-corrected chi connectivity index (χ2v) is 9.90. The van der Waals surface area contributed by atoms with Gasteiger partial charge in [0.1, 0.15) is 5.75 Å². The van der Waals surface area contributed by atoms with Crippen molar-refractivity contribution < 1.29 is 19.1 Å². The Hall–Kier alpha value is -4.37. The van der Waals surface area contributed by atoms with Crippen molar-refractivity contribution >= 4 is 29.2 Å². The first-order valence-corrected chi connectivity index (χ1v) is 13.5. The van der Waals surface area contributed by atoms with E-state index in [0.29, 0.717) is 47.8 Å². The summed E-state index contributed by atoms with van der Waals surface area (Å²) in [7, 11) is 3.76. The van der Waals surface area contributed by atoms with Gasteiger partial charge in [-0.2, -0.15) is 0 Å². The predicted octanol–water partition coefficient (Wildman–Crippen LogP) is 4.25. The van der Waals surface area contributed by atoms with Crippen LogP contribution < -0.4 is 20.3 Å². The average Bonchev–Trinajstić information content (AvgIpc) is 2.97. The Morgan fingerprint density at radius 2 is 1.57 bits per heavy atom. The summed E-state index contributed by atoms with van der Waals surface area (Å²) in [5.74, 6) is 0.192. The van der Waals surface area contributed by atoms with Gasteiger partial charge < -0.3 is 30.1 Å². The van der Waals surface area contributed by atoms with Crippen LogP contribution in [0.2, 0.25) is 0 Å². The number of amides is 4. The summed E-state index contributed by atoms with van der Waals surface area (Å²) < 4.78 is 5.99. The van der Waals surface area contributed by atoms with Crippen LogP contribution in [0, 0.1) is 6.92 Å². The lowest BCUT2D eigenvalue weighted by Gasteiger charge is -2.32.